The third-order valence-electron chi connectivity index (χ3n) is 3.23. The third-order valence-corrected chi connectivity index (χ3v) is 3.23. The number of piperidine rings is 1. The van der Waals surface area contributed by atoms with Gasteiger partial charge in [-0.15, -0.1) is 0 Å². The lowest BCUT2D eigenvalue weighted by Crippen LogP contribution is -2.53. The van der Waals surface area contributed by atoms with Crippen molar-refractivity contribution >= 4 is 12.0 Å². The van der Waals surface area contributed by atoms with E-state index in [1.54, 1.807) is 0 Å². The molecule has 2 amide bonds. The normalized spacial score (nSPS) is 24.2. The van der Waals surface area contributed by atoms with Crippen molar-refractivity contribution in [1.29, 1.82) is 0 Å². The monoisotopic (exact) mass is 282 g/mol. The van der Waals surface area contributed by atoms with E-state index in [9.17, 15) is 22.8 Å². The first-order valence-corrected chi connectivity index (χ1v) is 5.85. The van der Waals surface area contributed by atoms with E-state index >= 15 is 0 Å². The fourth-order valence-corrected chi connectivity index (χ4v) is 2.16. The number of carboxylic acid groups (broad SMARTS) is 1. The Morgan fingerprint density at radius 1 is 1.42 bits per heavy atom. The number of halogens is 3. The van der Waals surface area contributed by atoms with E-state index in [1.807, 2.05) is 0 Å². The fraction of sp³-hybridized carbons (Fsp3) is 0.818. The maximum atomic E-state index is 12.2. The van der Waals surface area contributed by atoms with Crippen molar-refractivity contribution in [1.82, 2.24) is 9.80 Å². The van der Waals surface area contributed by atoms with Crippen molar-refractivity contribution in [2.45, 2.75) is 25.9 Å². The van der Waals surface area contributed by atoms with Gasteiger partial charge in [-0.2, -0.15) is 13.2 Å². The van der Waals surface area contributed by atoms with Crippen LogP contribution in [0.5, 0.6) is 0 Å². The molecule has 0 bridgehead atoms. The van der Waals surface area contributed by atoms with Crippen molar-refractivity contribution in [2.75, 3.05) is 26.7 Å². The maximum absolute atomic E-state index is 12.2. The number of carbonyl (C=O) groups excluding carboxylic acids is 1. The second-order valence-electron chi connectivity index (χ2n) is 5.14. The van der Waals surface area contributed by atoms with Gasteiger partial charge in [-0.25, -0.2) is 4.79 Å². The molecule has 1 fully saturated rings. The predicted molar refractivity (Wildman–Crippen MR) is 60.6 cm³/mol. The van der Waals surface area contributed by atoms with Crippen LogP contribution in [-0.4, -0.2) is 59.8 Å². The fourth-order valence-electron chi connectivity index (χ4n) is 2.16. The zero-order valence-corrected chi connectivity index (χ0v) is 10.8. The molecule has 110 valence electrons. The van der Waals surface area contributed by atoms with Gasteiger partial charge in [-0.05, 0) is 19.8 Å². The summed E-state index contributed by atoms with van der Waals surface area (Å²) in [6.07, 6.45) is -3.58. The zero-order valence-electron chi connectivity index (χ0n) is 10.8. The van der Waals surface area contributed by atoms with Crippen molar-refractivity contribution in [3.05, 3.63) is 0 Å². The summed E-state index contributed by atoms with van der Waals surface area (Å²) in [6.45, 7) is 0.373. The molecule has 0 aromatic heterocycles. The molecule has 1 heterocycles. The maximum Gasteiger partial charge on any atom is 0.406 e. The average molecular weight is 282 g/mol. The lowest BCUT2D eigenvalue weighted by molar-refractivity contribution is -0.151. The smallest absolute Gasteiger partial charge is 0.406 e. The number of likely N-dealkylation sites (tertiary alicyclic amines) is 1. The minimum absolute atomic E-state index is 0.0661. The average Bonchev–Trinajstić information content (AvgIpc) is 2.25. The third kappa shape index (κ3) is 4.00. The molecule has 0 spiro atoms. The predicted octanol–water partition coefficient (Wildman–Crippen LogP) is 1.79. The number of amides is 2. The largest absolute Gasteiger partial charge is 0.481 e. The van der Waals surface area contributed by atoms with Crippen molar-refractivity contribution in [3.63, 3.8) is 0 Å². The van der Waals surface area contributed by atoms with Crippen molar-refractivity contribution < 1.29 is 27.9 Å². The van der Waals surface area contributed by atoms with E-state index in [-0.39, 0.29) is 13.1 Å². The molecule has 0 aromatic carbocycles. The van der Waals surface area contributed by atoms with Crippen LogP contribution in [0.1, 0.15) is 19.8 Å². The highest BCUT2D eigenvalue weighted by molar-refractivity contribution is 5.78. The second kappa shape index (κ2) is 5.26. The highest BCUT2D eigenvalue weighted by Crippen LogP contribution is 2.30. The molecular weight excluding hydrogens is 265 g/mol. The lowest BCUT2D eigenvalue weighted by atomic mass is 9.82. The van der Waals surface area contributed by atoms with E-state index < -0.39 is 30.1 Å². The van der Waals surface area contributed by atoms with Gasteiger partial charge in [0.2, 0.25) is 0 Å². The molecule has 0 saturated carbocycles. The van der Waals surface area contributed by atoms with Crippen LogP contribution >= 0.6 is 0 Å². The van der Waals surface area contributed by atoms with E-state index in [2.05, 4.69) is 0 Å². The molecule has 0 aromatic rings. The molecule has 8 heteroatoms. The van der Waals surface area contributed by atoms with Gasteiger partial charge in [0.25, 0.3) is 0 Å². The first kappa shape index (κ1) is 15.6. The molecule has 1 aliphatic heterocycles. The number of alkyl halides is 3. The molecule has 1 unspecified atom stereocenters. The van der Waals surface area contributed by atoms with Crippen LogP contribution in [0.3, 0.4) is 0 Å². The summed E-state index contributed by atoms with van der Waals surface area (Å²) in [5.41, 5.74) is -1.09. The quantitative estimate of drug-likeness (QED) is 0.840. The molecular formula is C11H17F3N2O3. The SMILES string of the molecule is CN(CC(F)(F)F)C(=O)N1CCCC(C)(C(=O)O)C1. The number of hydrogen-bond donors (Lipinski definition) is 1. The van der Waals surface area contributed by atoms with Gasteiger partial charge in [0.15, 0.2) is 0 Å². The van der Waals surface area contributed by atoms with Crippen molar-refractivity contribution in [2.24, 2.45) is 5.41 Å². The molecule has 1 aliphatic rings. The number of aliphatic carboxylic acids is 1. The summed E-state index contributed by atoms with van der Waals surface area (Å²) in [5.74, 6) is -1.04. The van der Waals surface area contributed by atoms with Crippen LogP contribution in [0, 0.1) is 5.41 Å². The van der Waals surface area contributed by atoms with Gasteiger partial charge in [-0.1, -0.05) is 0 Å². The Balaban J connectivity index is 2.70. The van der Waals surface area contributed by atoms with Gasteiger partial charge in [0, 0.05) is 20.1 Å². The Labute approximate surface area is 109 Å². The molecule has 0 radical (unpaired) electrons. The van der Waals surface area contributed by atoms with Crippen LogP contribution in [0.15, 0.2) is 0 Å². The van der Waals surface area contributed by atoms with Crippen LogP contribution in [-0.2, 0) is 4.79 Å². The Hall–Kier alpha value is -1.47. The summed E-state index contributed by atoms with van der Waals surface area (Å²) >= 11 is 0. The lowest BCUT2D eigenvalue weighted by Gasteiger charge is -2.39. The number of carboxylic acids is 1. The number of urea groups is 1. The van der Waals surface area contributed by atoms with E-state index in [4.69, 9.17) is 5.11 Å². The summed E-state index contributed by atoms with van der Waals surface area (Å²) in [7, 11) is 1.06. The minimum Gasteiger partial charge on any atom is -0.481 e. The topological polar surface area (TPSA) is 60.9 Å². The molecule has 1 saturated heterocycles. The molecule has 19 heavy (non-hydrogen) atoms. The summed E-state index contributed by atoms with van der Waals surface area (Å²) < 4.78 is 36.6. The Kier molecular flexibility index (Phi) is 4.32. The Bertz CT molecular complexity index is 373. The Morgan fingerprint density at radius 3 is 2.47 bits per heavy atom. The molecule has 5 nitrogen and oxygen atoms in total. The summed E-state index contributed by atoms with van der Waals surface area (Å²) in [6, 6.07) is -0.787. The highest BCUT2D eigenvalue weighted by Gasteiger charge is 2.41. The Morgan fingerprint density at radius 2 is 2.00 bits per heavy atom. The first-order valence-electron chi connectivity index (χ1n) is 5.85. The van der Waals surface area contributed by atoms with Crippen LogP contribution in [0.25, 0.3) is 0 Å². The van der Waals surface area contributed by atoms with Gasteiger partial charge in [0.05, 0.1) is 5.41 Å². The molecule has 1 N–H and O–H groups in total. The van der Waals surface area contributed by atoms with Crippen LogP contribution < -0.4 is 0 Å². The number of rotatable bonds is 2. The first-order chi connectivity index (χ1) is 8.55. The molecule has 0 aliphatic carbocycles. The number of nitrogens with zero attached hydrogens (tertiary/aromatic N) is 2. The van der Waals surface area contributed by atoms with Crippen molar-refractivity contribution in [3.8, 4) is 0 Å². The van der Waals surface area contributed by atoms with Gasteiger partial charge in [0.1, 0.15) is 6.54 Å². The highest BCUT2D eigenvalue weighted by atomic mass is 19.4. The van der Waals surface area contributed by atoms with E-state index in [0.717, 1.165) is 7.05 Å². The summed E-state index contributed by atoms with van der Waals surface area (Å²) in [5, 5.41) is 9.09. The second-order valence-corrected chi connectivity index (χ2v) is 5.14. The van der Waals surface area contributed by atoms with Gasteiger partial charge in [-0.3, -0.25) is 4.79 Å². The standard InChI is InChI=1S/C11H17F3N2O3/c1-10(8(17)18)4-3-5-16(6-10)9(19)15(2)7-11(12,13)14/h3-7H2,1-2H3,(H,17,18). The summed E-state index contributed by atoms with van der Waals surface area (Å²) in [4.78, 5) is 24.7. The van der Waals surface area contributed by atoms with E-state index in [0.29, 0.717) is 17.7 Å². The van der Waals surface area contributed by atoms with Gasteiger partial charge < -0.3 is 14.9 Å². The zero-order chi connectivity index (χ0) is 14.8. The molecule has 1 rings (SSSR count). The number of hydrogen-bond acceptors (Lipinski definition) is 2. The van der Waals surface area contributed by atoms with Crippen LogP contribution in [0.2, 0.25) is 0 Å². The van der Waals surface area contributed by atoms with Crippen LogP contribution in [0.4, 0.5) is 18.0 Å². The minimum atomic E-state index is -4.46. The van der Waals surface area contributed by atoms with Gasteiger partial charge >= 0.3 is 18.2 Å². The van der Waals surface area contributed by atoms with E-state index in [1.165, 1.54) is 11.8 Å². The molecule has 1 atom stereocenters. The number of carbonyl (C=O) groups is 2.